The predicted octanol–water partition coefficient (Wildman–Crippen LogP) is 5.58. The second-order valence-electron chi connectivity index (χ2n) is 11.5. The fourth-order valence-corrected chi connectivity index (χ4v) is 5.94. The number of piperidine rings is 1. The number of anilines is 1. The maximum atomic E-state index is 12.9. The number of amides is 1. The van der Waals surface area contributed by atoms with Crippen LogP contribution in [0.25, 0.3) is 0 Å². The Morgan fingerprint density at radius 3 is 2.42 bits per heavy atom. The third-order valence-electron chi connectivity index (χ3n) is 8.51. The van der Waals surface area contributed by atoms with Gasteiger partial charge in [-0.1, -0.05) is 0 Å². The van der Waals surface area contributed by atoms with Crippen LogP contribution in [0.4, 0.5) is 5.69 Å². The van der Waals surface area contributed by atoms with E-state index in [2.05, 4.69) is 58.2 Å². The first-order valence-corrected chi connectivity index (χ1v) is 15.2. The summed E-state index contributed by atoms with van der Waals surface area (Å²) in [5, 5.41) is 12.3. The third kappa shape index (κ3) is 8.56. The van der Waals surface area contributed by atoms with Gasteiger partial charge in [-0.15, -0.1) is 0 Å². The molecular weight excluding hydrogens is 538 g/mol. The Morgan fingerprint density at radius 1 is 1.09 bits per heavy atom. The molecule has 1 saturated heterocycles. The molecule has 4 rings (SSSR count). The van der Waals surface area contributed by atoms with Crippen LogP contribution in [-0.4, -0.2) is 67.8 Å². The van der Waals surface area contributed by atoms with Crippen LogP contribution in [0.2, 0.25) is 0 Å². The van der Waals surface area contributed by atoms with E-state index in [9.17, 15) is 10.1 Å². The Hall–Kier alpha value is -3.93. The van der Waals surface area contributed by atoms with E-state index in [1.54, 1.807) is 19.2 Å². The minimum absolute atomic E-state index is 0.0677. The summed E-state index contributed by atoms with van der Waals surface area (Å²) < 4.78 is 10.9. The first-order valence-electron chi connectivity index (χ1n) is 15.2. The summed E-state index contributed by atoms with van der Waals surface area (Å²) in [6.45, 7) is 12.7. The van der Waals surface area contributed by atoms with Crippen LogP contribution in [0, 0.1) is 32.1 Å². The number of nitrogens with one attached hydrogen (secondary N) is 1. The molecule has 1 N–H and O–H groups in total. The first-order chi connectivity index (χ1) is 20.8. The molecule has 1 aliphatic rings. The Kier molecular flexibility index (Phi) is 11.5. The van der Waals surface area contributed by atoms with Crippen molar-refractivity contribution < 1.29 is 14.3 Å². The van der Waals surface area contributed by atoms with Crippen LogP contribution in [0.15, 0.2) is 54.9 Å². The number of nitriles is 1. The average molecular weight is 584 g/mol. The number of benzene rings is 2. The van der Waals surface area contributed by atoms with E-state index in [0.717, 1.165) is 55.8 Å². The lowest BCUT2D eigenvalue weighted by atomic mass is 9.98. The fraction of sp³-hybridized carbons (Fsp3) is 0.457. The number of carbonyl (C=O) groups is 1. The van der Waals surface area contributed by atoms with Gasteiger partial charge in [0, 0.05) is 69.0 Å². The molecule has 8 nitrogen and oxygen atoms in total. The number of nitrogens with zero attached hydrogens (tertiary/aromatic N) is 4. The van der Waals surface area contributed by atoms with Gasteiger partial charge in [0.15, 0.2) is 0 Å². The zero-order valence-electron chi connectivity index (χ0n) is 26.2. The number of hydrogen-bond acceptors (Lipinski definition) is 7. The van der Waals surface area contributed by atoms with E-state index in [1.165, 1.54) is 16.8 Å². The van der Waals surface area contributed by atoms with Crippen molar-refractivity contribution >= 4 is 11.6 Å². The Bertz CT molecular complexity index is 1370. The first kappa shape index (κ1) is 32.0. The molecule has 1 atom stereocenters. The Balaban J connectivity index is 1.34. The van der Waals surface area contributed by atoms with Gasteiger partial charge in [0.2, 0.25) is 0 Å². The van der Waals surface area contributed by atoms with Crippen LogP contribution < -0.4 is 15.0 Å². The van der Waals surface area contributed by atoms with Crippen LogP contribution >= 0.6 is 0 Å². The summed E-state index contributed by atoms with van der Waals surface area (Å²) in [4.78, 5) is 22.4. The zero-order valence-corrected chi connectivity index (χ0v) is 26.2. The molecule has 0 unspecified atom stereocenters. The van der Waals surface area contributed by atoms with Crippen LogP contribution in [0.3, 0.4) is 0 Å². The van der Waals surface area contributed by atoms with Crippen molar-refractivity contribution in [2.75, 3.05) is 44.9 Å². The summed E-state index contributed by atoms with van der Waals surface area (Å²) in [7, 11) is 1.68. The lowest BCUT2D eigenvalue weighted by Gasteiger charge is -2.42. The minimum Gasteiger partial charge on any atom is -0.491 e. The van der Waals surface area contributed by atoms with Gasteiger partial charge in [0.1, 0.15) is 12.4 Å². The number of aryl methyl sites for hydroxylation is 3. The molecule has 8 heteroatoms. The van der Waals surface area contributed by atoms with Crippen molar-refractivity contribution in [3.8, 4) is 11.8 Å². The molecule has 43 heavy (non-hydrogen) atoms. The highest BCUT2D eigenvalue weighted by Crippen LogP contribution is 2.29. The van der Waals surface area contributed by atoms with Crippen molar-refractivity contribution in [3.63, 3.8) is 0 Å². The largest absolute Gasteiger partial charge is 0.491 e. The molecule has 1 aromatic heterocycles. The molecule has 1 aliphatic heterocycles. The predicted molar refractivity (Wildman–Crippen MR) is 171 cm³/mol. The smallest absolute Gasteiger partial charge is 0.251 e. The number of hydrogen-bond donors (Lipinski definition) is 1. The monoisotopic (exact) mass is 583 g/mol. The van der Waals surface area contributed by atoms with Crippen molar-refractivity contribution in [3.05, 3.63) is 88.2 Å². The molecule has 1 fully saturated rings. The van der Waals surface area contributed by atoms with Gasteiger partial charge < -0.3 is 24.6 Å². The summed E-state index contributed by atoms with van der Waals surface area (Å²) in [5.41, 5.74) is 6.60. The molecule has 0 spiro atoms. The van der Waals surface area contributed by atoms with Crippen molar-refractivity contribution in [1.29, 1.82) is 5.26 Å². The van der Waals surface area contributed by atoms with Crippen LogP contribution in [-0.2, 0) is 11.3 Å². The van der Waals surface area contributed by atoms with Crippen LogP contribution in [0.5, 0.6) is 5.75 Å². The molecular formula is C35H45N5O3. The van der Waals surface area contributed by atoms with Gasteiger partial charge in [-0.05, 0) is 112 Å². The number of pyridine rings is 1. The van der Waals surface area contributed by atoms with E-state index < -0.39 is 0 Å². The van der Waals surface area contributed by atoms with Crippen molar-refractivity contribution in [2.45, 2.75) is 65.6 Å². The van der Waals surface area contributed by atoms with Gasteiger partial charge in [-0.25, -0.2) is 0 Å². The number of likely N-dealkylation sites (tertiary alicyclic amines) is 1. The highest BCUT2D eigenvalue weighted by Gasteiger charge is 2.28. The average Bonchev–Trinajstić information content (AvgIpc) is 3.01. The van der Waals surface area contributed by atoms with E-state index in [4.69, 9.17) is 9.47 Å². The molecule has 0 radical (unpaired) electrons. The highest BCUT2D eigenvalue weighted by atomic mass is 16.5. The van der Waals surface area contributed by atoms with E-state index in [-0.39, 0.29) is 5.91 Å². The zero-order chi connectivity index (χ0) is 30.8. The molecule has 2 aromatic carbocycles. The van der Waals surface area contributed by atoms with Crippen molar-refractivity contribution in [2.24, 2.45) is 0 Å². The lowest BCUT2D eigenvalue weighted by molar-refractivity contribution is 0.0944. The number of ether oxygens (including phenoxy) is 2. The number of carbonyl (C=O) groups excluding carboxylic acids is 1. The van der Waals surface area contributed by atoms with Gasteiger partial charge in [0.05, 0.1) is 18.2 Å². The van der Waals surface area contributed by atoms with E-state index >= 15 is 0 Å². The fourth-order valence-electron chi connectivity index (χ4n) is 5.94. The maximum Gasteiger partial charge on any atom is 0.251 e. The quantitative estimate of drug-likeness (QED) is 0.263. The highest BCUT2D eigenvalue weighted by molar-refractivity contribution is 5.97. The summed E-state index contributed by atoms with van der Waals surface area (Å²) >= 11 is 0. The summed E-state index contributed by atoms with van der Waals surface area (Å²) in [5.74, 6) is 0.778. The topological polar surface area (TPSA) is 90.7 Å². The SMILES string of the molecule is COCCOc1ccc(N(Cc2cnccc2C)C2CCN([C@H](C)CCNC(=O)c3c(C)cc(C#N)cc3C)CC2)cc1. The lowest BCUT2D eigenvalue weighted by Crippen LogP contribution is -2.48. The van der Waals surface area contributed by atoms with Gasteiger partial charge in [0.25, 0.3) is 5.91 Å². The molecule has 1 amide bonds. The van der Waals surface area contributed by atoms with Crippen molar-refractivity contribution in [1.82, 2.24) is 15.2 Å². The number of methoxy groups -OCH3 is 1. The molecule has 2 heterocycles. The molecule has 0 aliphatic carbocycles. The summed E-state index contributed by atoms with van der Waals surface area (Å²) in [6.07, 6.45) is 6.84. The molecule has 0 bridgehead atoms. The third-order valence-corrected chi connectivity index (χ3v) is 8.51. The number of rotatable bonds is 13. The molecule has 228 valence electrons. The van der Waals surface area contributed by atoms with Crippen LogP contribution in [0.1, 0.15) is 64.4 Å². The Morgan fingerprint density at radius 2 is 1.79 bits per heavy atom. The van der Waals surface area contributed by atoms with E-state index in [0.29, 0.717) is 43.0 Å². The second kappa shape index (κ2) is 15.5. The maximum absolute atomic E-state index is 12.9. The van der Waals surface area contributed by atoms with Gasteiger partial charge in [-0.3, -0.25) is 9.78 Å². The van der Waals surface area contributed by atoms with Gasteiger partial charge >= 0.3 is 0 Å². The Labute approximate surface area is 256 Å². The summed E-state index contributed by atoms with van der Waals surface area (Å²) in [6, 6.07) is 17.0. The number of aromatic nitrogens is 1. The van der Waals surface area contributed by atoms with Gasteiger partial charge in [-0.2, -0.15) is 5.26 Å². The minimum atomic E-state index is -0.0677. The normalized spacial score (nSPS) is 14.6. The molecule has 0 saturated carbocycles. The second-order valence-corrected chi connectivity index (χ2v) is 11.5. The standard InChI is InChI=1S/C35H45N5O3/c1-25-10-14-37-23-30(25)24-40(31-6-8-33(9-7-31)43-19-18-42-5)32-12-16-39(17-13-32)28(4)11-15-38-35(41)34-26(2)20-29(22-36)21-27(34)3/h6-10,14,20-21,23,28,32H,11-13,15-19,24H2,1-5H3,(H,38,41)/t28-/m1/s1. The molecule has 3 aromatic rings. The van der Waals surface area contributed by atoms with E-state index in [1.807, 2.05) is 38.4 Å².